The topological polar surface area (TPSA) is 174 Å². The quantitative estimate of drug-likeness (QED) is 0.0422. The lowest BCUT2D eigenvalue weighted by molar-refractivity contribution is 0.0942. The number of benzene rings is 2. The number of pyridine rings is 2. The molecule has 0 spiro atoms. The summed E-state index contributed by atoms with van der Waals surface area (Å²) in [5.41, 5.74) is 1.95. The van der Waals surface area contributed by atoms with Crippen LogP contribution in [-0.2, 0) is 14.2 Å². The molecule has 0 saturated carbocycles. The van der Waals surface area contributed by atoms with Gasteiger partial charge >= 0.3 is 12.2 Å². The van der Waals surface area contributed by atoms with E-state index < -0.39 is 20.5 Å². The minimum Gasteiger partial charge on any atom is -0.542 e. The zero-order valence-electron chi connectivity index (χ0n) is 48.6. The number of ether oxygens (including phenoxy) is 3. The second-order valence-corrected chi connectivity index (χ2v) is 25.9. The molecule has 78 heavy (non-hydrogen) atoms. The number of aromatic hydroxyl groups is 1. The van der Waals surface area contributed by atoms with Gasteiger partial charge in [-0.05, 0) is 104 Å². The van der Waals surface area contributed by atoms with Gasteiger partial charge in [0.25, 0.3) is 8.32 Å². The van der Waals surface area contributed by atoms with Crippen molar-refractivity contribution in [3.05, 3.63) is 96.8 Å². The zero-order valence-corrected chi connectivity index (χ0v) is 49.6. The molecular weight excluding hydrogens is 1020 g/mol. The van der Waals surface area contributed by atoms with Gasteiger partial charge in [0, 0.05) is 76.5 Å². The van der Waals surface area contributed by atoms with Crippen LogP contribution >= 0.6 is 0 Å². The average Bonchev–Trinajstić information content (AvgIpc) is 4.03. The number of piperidine rings is 2. The van der Waals surface area contributed by atoms with Gasteiger partial charge in [0.05, 0.1) is 12.4 Å². The Kier molecular flexibility index (Phi) is 34.9. The van der Waals surface area contributed by atoms with Crippen molar-refractivity contribution < 1.29 is 46.6 Å². The Morgan fingerprint density at radius 2 is 0.987 bits per heavy atom. The number of nitrogens with zero attached hydrogens (tertiary/aromatic N) is 4. The van der Waals surface area contributed by atoms with E-state index in [1.165, 1.54) is 132 Å². The third kappa shape index (κ3) is 29.4. The second-order valence-electron chi connectivity index (χ2n) is 21.2. The summed E-state index contributed by atoms with van der Waals surface area (Å²) in [5.74, 6) is 3.99. The Labute approximate surface area is 466 Å². The summed E-state index contributed by atoms with van der Waals surface area (Å²) >= 11 is 0. The average molecular weight is 1110 g/mol. The molecule has 438 valence electrons. The van der Waals surface area contributed by atoms with Gasteiger partial charge in [-0.1, -0.05) is 126 Å². The van der Waals surface area contributed by atoms with Crippen LogP contribution < -0.4 is 30.8 Å². The Morgan fingerprint density at radius 3 is 1.28 bits per heavy atom. The maximum Gasteiger partial charge on any atom is 0.413 e. The molecule has 0 bridgehead atoms. The first-order valence-corrected chi connectivity index (χ1v) is 31.4. The first kappa shape index (κ1) is 68.5. The summed E-state index contributed by atoms with van der Waals surface area (Å²) in [6.07, 6.45) is 23.9. The molecule has 0 aliphatic carbocycles. The van der Waals surface area contributed by atoms with Crippen LogP contribution in [0.5, 0.6) is 11.5 Å². The van der Waals surface area contributed by atoms with E-state index in [9.17, 15) is 18.4 Å². The lowest BCUT2D eigenvalue weighted by Gasteiger charge is -2.36. The molecule has 3 saturated heterocycles. The van der Waals surface area contributed by atoms with Crippen LogP contribution in [0.2, 0.25) is 18.1 Å². The SMILES string of the molecule is C1CCOC1.CC(C)(C)[Si](C)(C)Oc1ccc(NC(=O)OC2CCN(c3ccc(F)cc3)CC2)nc1.CCCCCCCC.CCCCCCCC.NF.O=C(Nc1ccc(O)cn1)OC1CCN(c2ccc(F)cc2)CC1. The van der Waals surface area contributed by atoms with Gasteiger partial charge in [0.15, 0.2) is 0 Å². The predicted octanol–water partition coefficient (Wildman–Crippen LogP) is 16.3. The fourth-order valence-corrected chi connectivity index (χ4v) is 8.99. The van der Waals surface area contributed by atoms with Crippen molar-refractivity contribution >= 4 is 43.5 Å². The van der Waals surface area contributed by atoms with Crippen LogP contribution in [0, 0.1) is 11.6 Å². The molecule has 0 radical (unpaired) electrons. The fourth-order valence-electron chi connectivity index (χ4n) is 7.98. The third-order valence-corrected chi connectivity index (χ3v) is 18.0. The zero-order chi connectivity index (χ0) is 57.6. The van der Waals surface area contributed by atoms with Crippen molar-refractivity contribution in [3.63, 3.8) is 0 Å². The van der Waals surface area contributed by atoms with Gasteiger partial charge in [-0.25, -0.2) is 28.3 Å². The summed E-state index contributed by atoms with van der Waals surface area (Å²) < 4.78 is 57.1. The van der Waals surface area contributed by atoms with E-state index >= 15 is 0 Å². The van der Waals surface area contributed by atoms with E-state index in [-0.39, 0.29) is 34.6 Å². The third-order valence-electron chi connectivity index (χ3n) is 13.7. The monoisotopic (exact) mass is 1110 g/mol. The summed E-state index contributed by atoms with van der Waals surface area (Å²) in [7, 11) is -1.93. The van der Waals surface area contributed by atoms with Crippen LogP contribution in [-0.4, -0.2) is 87.2 Å². The number of unbranched alkanes of at least 4 members (excludes halogenated alkanes) is 10. The maximum atomic E-state index is 13.1. The van der Waals surface area contributed by atoms with Gasteiger partial charge in [-0.2, -0.15) is 5.96 Å². The lowest BCUT2D eigenvalue weighted by atomic mass is 10.1. The van der Waals surface area contributed by atoms with Crippen molar-refractivity contribution in [2.45, 2.75) is 194 Å². The van der Waals surface area contributed by atoms with Gasteiger partial charge in [-0.15, -0.1) is 4.48 Å². The summed E-state index contributed by atoms with van der Waals surface area (Å²) in [4.78, 5) is 36.6. The molecule has 2 aromatic heterocycles. The lowest BCUT2D eigenvalue weighted by Crippen LogP contribution is -2.43. The number of hydrogen-bond donors (Lipinski definition) is 4. The standard InChI is InChI=1S/C23H32FN3O3Si.C17H18FN3O3.2C8H18.C4H8O.FH2N/c1-23(2,3)31(4,5)30-20-10-11-21(25-16-20)26-22(28)29-19-12-14-27(15-13-19)18-8-6-17(24)7-9-18;18-12-1-3-13(4-2-12)21-9-7-15(8-10-21)24-17(23)20-16-6-5-14(22)11-19-16;2*1-3-5-7-8-6-4-2;1-2-4-5-3-1;1-2/h6-11,16,19H,12-15H2,1-5H3,(H,25,26,28);1-6,11,15,22H,7-10H2,(H,19,20,23);2*3-8H2,1-2H3;1-4H2;2H2. The minimum absolute atomic E-state index is 0.0297. The van der Waals surface area contributed by atoms with Crippen molar-refractivity contribution in [1.29, 1.82) is 0 Å². The first-order valence-electron chi connectivity index (χ1n) is 28.5. The van der Waals surface area contributed by atoms with Crippen molar-refractivity contribution in [3.8, 4) is 11.5 Å². The molecule has 7 rings (SSSR count). The molecule has 5 N–H and O–H groups in total. The molecule has 14 nitrogen and oxygen atoms in total. The first-order chi connectivity index (χ1) is 37.5. The van der Waals surface area contributed by atoms with E-state index in [1.807, 2.05) is 6.07 Å². The predicted molar refractivity (Wildman–Crippen MR) is 315 cm³/mol. The largest absolute Gasteiger partial charge is 0.542 e. The molecule has 5 heterocycles. The maximum absolute atomic E-state index is 13.1. The highest BCUT2D eigenvalue weighted by molar-refractivity contribution is 6.74. The molecule has 4 aromatic rings. The Balaban J connectivity index is 0.000000386. The van der Waals surface area contributed by atoms with Crippen LogP contribution in [0.1, 0.15) is 164 Å². The van der Waals surface area contributed by atoms with Gasteiger partial charge < -0.3 is 33.5 Å². The van der Waals surface area contributed by atoms with E-state index in [2.05, 4.69) is 97.9 Å². The molecule has 0 unspecified atom stereocenters. The van der Waals surface area contributed by atoms with Crippen LogP contribution in [0.4, 0.5) is 45.9 Å². The number of hydrogen-bond acceptors (Lipinski definition) is 12. The molecule has 3 aliphatic heterocycles. The van der Waals surface area contributed by atoms with E-state index in [1.54, 1.807) is 36.5 Å². The molecule has 2 amide bonds. The van der Waals surface area contributed by atoms with Gasteiger partial charge in [0.1, 0.15) is 47.0 Å². The number of amides is 2. The van der Waals surface area contributed by atoms with Crippen LogP contribution in [0.15, 0.2) is 85.2 Å². The smallest absolute Gasteiger partial charge is 0.413 e. The Morgan fingerprint density at radius 1 is 0.615 bits per heavy atom. The highest BCUT2D eigenvalue weighted by Gasteiger charge is 2.39. The second kappa shape index (κ2) is 39.7. The van der Waals surface area contributed by atoms with E-state index in [4.69, 9.17) is 28.2 Å². The van der Waals surface area contributed by atoms with Gasteiger partial charge in [-0.3, -0.25) is 10.6 Å². The Bertz CT molecular complexity index is 2110. The van der Waals surface area contributed by atoms with Gasteiger partial charge in [0.2, 0.25) is 0 Å². The number of nitrogens with two attached hydrogens (primary N) is 1. The number of halogens is 3. The molecule has 2 aromatic carbocycles. The number of rotatable bonds is 18. The van der Waals surface area contributed by atoms with E-state index in [0.29, 0.717) is 30.2 Å². The van der Waals surface area contributed by atoms with E-state index in [0.717, 1.165) is 63.6 Å². The van der Waals surface area contributed by atoms with Crippen molar-refractivity contribution in [2.75, 3.05) is 59.8 Å². The highest BCUT2D eigenvalue weighted by atomic mass is 28.4. The number of anilines is 4. The van der Waals surface area contributed by atoms with Crippen LogP contribution in [0.25, 0.3) is 0 Å². The van der Waals surface area contributed by atoms with Crippen molar-refractivity contribution in [1.82, 2.24) is 9.97 Å². The number of aromatic nitrogens is 2. The summed E-state index contributed by atoms with van der Waals surface area (Å²) in [6, 6.07) is 19.3. The highest BCUT2D eigenvalue weighted by Crippen LogP contribution is 2.37. The normalized spacial score (nSPS) is 14.4. The van der Waals surface area contributed by atoms with Crippen molar-refractivity contribution in [2.24, 2.45) is 5.96 Å². The fraction of sp³-hybridized carbons (Fsp3) is 0.600. The number of nitrogens with one attached hydrogen (secondary N) is 2. The number of carbonyl (C=O) groups is 2. The molecule has 0 atom stereocenters. The summed E-state index contributed by atoms with van der Waals surface area (Å²) in [5, 5.41) is 14.5. The summed E-state index contributed by atoms with van der Waals surface area (Å²) in [6.45, 7) is 24.9. The molecule has 3 fully saturated rings. The molecule has 3 aliphatic rings. The molecular formula is C60H96F3N7O7Si. The number of carbonyl (C=O) groups excluding carboxylic acids is 2. The minimum atomic E-state index is -1.93. The Hall–Kier alpha value is -5.59. The van der Waals surface area contributed by atoms with Crippen LogP contribution in [0.3, 0.4) is 0 Å². The molecule has 18 heteroatoms.